The highest BCUT2D eigenvalue weighted by atomic mass is 32.1. The average Bonchev–Trinajstić information content (AvgIpc) is 3.05. The largest absolute Gasteiger partial charge is 0.361 e. The van der Waals surface area contributed by atoms with Crippen LogP contribution in [0.4, 0.5) is 14.6 Å². The maximum atomic E-state index is 13.1. The van der Waals surface area contributed by atoms with Gasteiger partial charge in [-0.3, -0.25) is 0 Å². The lowest BCUT2D eigenvalue weighted by Crippen LogP contribution is -2.11. The van der Waals surface area contributed by atoms with Crippen LogP contribution in [0.25, 0.3) is 10.9 Å². The summed E-state index contributed by atoms with van der Waals surface area (Å²) in [7, 11) is 0. The molecule has 0 bridgehead atoms. The standard InChI is InChI=1S/C17H18F2N4S/c1-9(2)17-22-13(8-24-17)10(3)20-15-11-6-4-5-7-12(11)21-16(23-15)14(18)19/h4-10,14H,1-3H3,(H,20,21,23). The number of anilines is 1. The quantitative estimate of drug-likeness (QED) is 0.678. The molecule has 1 aromatic carbocycles. The van der Waals surface area contributed by atoms with Gasteiger partial charge in [0.1, 0.15) is 5.82 Å². The highest BCUT2D eigenvalue weighted by Crippen LogP contribution is 2.29. The lowest BCUT2D eigenvalue weighted by atomic mass is 10.2. The van der Waals surface area contributed by atoms with Gasteiger partial charge in [-0.25, -0.2) is 23.7 Å². The molecule has 1 N–H and O–H groups in total. The SMILES string of the molecule is CC(C)c1nc(C(C)Nc2nc(C(F)F)nc3ccccc23)cs1. The van der Waals surface area contributed by atoms with Gasteiger partial charge in [-0.1, -0.05) is 26.0 Å². The van der Waals surface area contributed by atoms with E-state index in [0.717, 1.165) is 10.7 Å². The Morgan fingerprint density at radius 3 is 2.46 bits per heavy atom. The van der Waals surface area contributed by atoms with Crippen LogP contribution in [-0.4, -0.2) is 15.0 Å². The molecule has 2 heterocycles. The summed E-state index contributed by atoms with van der Waals surface area (Å²) >= 11 is 1.60. The normalized spacial score (nSPS) is 13.0. The van der Waals surface area contributed by atoms with Crippen molar-refractivity contribution < 1.29 is 8.78 Å². The van der Waals surface area contributed by atoms with Crippen LogP contribution in [0.3, 0.4) is 0 Å². The second-order valence-corrected chi connectivity index (χ2v) is 6.77. The highest BCUT2D eigenvalue weighted by molar-refractivity contribution is 7.09. The van der Waals surface area contributed by atoms with Crippen LogP contribution in [0.15, 0.2) is 29.6 Å². The van der Waals surface area contributed by atoms with Crippen LogP contribution in [0, 0.1) is 0 Å². The topological polar surface area (TPSA) is 50.7 Å². The van der Waals surface area contributed by atoms with E-state index in [0.29, 0.717) is 22.6 Å². The third kappa shape index (κ3) is 3.36. The molecule has 0 aliphatic carbocycles. The number of alkyl halides is 2. The third-order valence-corrected chi connectivity index (χ3v) is 4.81. The first kappa shape index (κ1) is 16.7. The number of aromatic nitrogens is 3. The Labute approximate surface area is 143 Å². The second kappa shape index (κ2) is 6.76. The van der Waals surface area contributed by atoms with Crippen LogP contribution in [0.2, 0.25) is 0 Å². The van der Waals surface area contributed by atoms with Gasteiger partial charge in [0.2, 0.25) is 0 Å². The molecular formula is C17H18F2N4S. The fourth-order valence-electron chi connectivity index (χ4n) is 2.35. The number of hydrogen-bond acceptors (Lipinski definition) is 5. The molecule has 0 spiro atoms. The highest BCUT2D eigenvalue weighted by Gasteiger charge is 2.18. The van der Waals surface area contributed by atoms with E-state index >= 15 is 0 Å². The van der Waals surface area contributed by atoms with E-state index in [-0.39, 0.29) is 6.04 Å². The van der Waals surface area contributed by atoms with Gasteiger partial charge in [-0.2, -0.15) is 0 Å². The molecule has 1 atom stereocenters. The fraction of sp³-hybridized carbons (Fsp3) is 0.353. The van der Waals surface area contributed by atoms with Gasteiger partial charge in [-0.05, 0) is 19.1 Å². The maximum absolute atomic E-state index is 13.1. The van der Waals surface area contributed by atoms with Gasteiger partial charge in [0.05, 0.1) is 22.3 Å². The van der Waals surface area contributed by atoms with Gasteiger partial charge in [0.25, 0.3) is 6.43 Å². The van der Waals surface area contributed by atoms with Gasteiger partial charge >= 0.3 is 0 Å². The first-order chi connectivity index (χ1) is 11.5. The number of rotatable bonds is 5. The summed E-state index contributed by atoms with van der Waals surface area (Å²) in [6, 6.07) is 6.99. The minimum atomic E-state index is -2.71. The number of halogens is 2. The Bertz CT molecular complexity index is 847. The van der Waals surface area contributed by atoms with Crippen LogP contribution in [0.5, 0.6) is 0 Å². The van der Waals surface area contributed by atoms with E-state index in [1.165, 1.54) is 0 Å². The molecule has 0 aliphatic heterocycles. The number of fused-ring (bicyclic) bond motifs is 1. The van der Waals surface area contributed by atoms with Crippen molar-refractivity contribution in [3.63, 3.8) is 0 Å². The maximum Gasteiger partial charge on any atom is 0.297 e. The molecule has 3 aromatic rings. The van der Waals surface area contributed by atoms with Crippen LogP contribution < -0.4 is 5.32 Å². The Balaban J connectivity index is 1.95. The van der Waals surface area contributed by atoms with E-state index in [1.807, 2.05) is 24.4 Å². The summed E-state index contributed by atoms with van der Waals surface area (Å²) < 4.78 is 26.1. The van der Waals surface area contributed by atoms with Crippen molar-refractivity contribution in [1.29, 1.82) is 0 Å². The Kier molecular flexibility index (Phi) is 4.71. The van der Waals surface area contributed by atoms with Crippen molar-refractivity contribution in [2.45, 2.75) is 39.2 Å². The van der Waals surface area contributed by atoms with Gasteiger partial charge in [0.15, 0.2) is 5.82 Å². The fourth-order valence-corrected chi connectivity index (χ4v) is 3.27. The summed E-state index contributed by atoms with van der Waals surface area (Å²) in [6.45, 7) is 6.12. The Morgan fingerprint density at radius 2 is 1.79 bits per heavy atom. The van der Waals surface area contributed by atoms with Crippen molar-refractivity contribution in [2.75, 3.05) is 5.32 Å². The Morgan fingerprint density at radius 1 is 1.04 bits per heavy atom. The van der Waals surface area contributed by atoms with Crippen molar-refractivity contribution in [2.24, 2.45) is 0 Å². The molecule has 2 aromatic heterocycles. The number of hydrogen-bond donors (Lipinski definition) is 1. The lowest BCUT2D eigenvalue weighted by Gasteiger charge is -2.15. The zero-order chi connectivity index (χ0) is 17.3. The molecule has 24 heavy (non-hydrogen) atoms. The van der Waals surface area contributed by atoms with E-state index in [1.54, 1.807) is 23.5 Å². The van der Waals surface area contributed by atoms with E-state index in [4.69, 9.17) is 0 Å². The molecule has 0 saturated heterocycles. The van der Waals surface area contributed by atoms with E-state index in [9.17, 15) is 8.78 Å². The summed E-state index contributed by atoms with van der Waals surface area (Å²) in [6.07, 6.45) is -2.71. The number of nitrogens with zero attached hydrogens (tertiary/aromatic N) is 3. The molecule has 0 amide bonds. The number of para-hydroxylation sites is 1. The van der Waals surface area contributed by atoms with Crippen molar-refractivity contribution >= 4 is 28.1 Å². The van der Waals surface area contributed by atoms with E-state index in [2.05, 4.69) is 34.1 Å². The van der Waals surface area contributed by atoms with Crippen molar-refractivity contribution in [3.8, 4) is 0 Å². The molecule has 0 saturated carbocycles. The van der Waals surface area contributed by atoms with Crippen molar-refractivity contribution in [1.82, 2.24) is 15.0 Å². The van der Waals surface area contributed by atoms with Crippen LogP contribution >= 0.6 is 11.3 Å². The van der Waals surface area contributed by atoms with Gasteiger partial charge < -0.3 is 5.32 Å². The average molecular weight is 348 g/mol. The number of nitrogens with one attached hydrogen (secondary N) is 1. The molecule has 7 heteroatoms. The minimum absolute atomic E-state index is 0.141. The summed E-state index contributed by atoms with van der Waals surface area (Å²) in [5, 5.41) is 6.97. The zero-order valence-corrected chi connectivity index (χ0v) is 14.4. The molecule has 3 rings (SSSR count). The summed E-state index contributed by atoms with van der Waals surface area (Å²) in [5.41, 5.74) is 1.38. The predicted molar refractivity (Wildman–Crippen MR) is 92.7 cm³/mol. The molecule has 1 unspecified atom stereocenters. The first-order valence-corrected chi connectivity index (χ1v) is 8.60. The monoisotopic (exact) mass is 348 g/mol. The molecule has 4 nitrogen and oxygen atoms in total. The second-order valence-electron chi connectivity index (χ2n) is 5.88. The Hall–Kier alpha value is -2.15. The third-order valence-electron chi connectivity index (χ3n) is 3.65. The van der Waals surface area contributed by atoms with Crippen LogP contribution in [-0.2, 0) is 0 Å². The predicted octanol–water partition coefficient (Wildman–Crippen LogP) is 5.32. The molecule has 0 radical (unpaired) electrons. The molecule has 126 valence electrons. The first-order valence-electron chi connectivity index (χ1n) is 7.72. The number of benzene rings is 1. The summed E-state index contributed by atoms with van der Waals surface area (Å²) in [4.78, 5) is 12.5. The molecule has 0 aliphatic rings. The van der Waals surface area contributed by atoms with Gasteiger partial charge in [0, 0.05) is 16.7 Å². The smallest absolute Gasteiger partial charge is 0.297 e. The number of thiazole rings is 1. The summed E-state index contributed by atoms with van der Waals surface area (Å²) in [5.74, 6) is 0.299. The zero-order valence-electron chi connectivity index (χ0n) is 13.6. The van der Waals surface area contributed by atoms with Crippen LogP contribution in [0.1, 0.15) is 55.7 Å². The molecule has 0 fully saturated rings. The minimum Gasteiger partial charge on any atom is -0.361 e. The van der Waals surface area contributed by atoms with Gasteiger partial charge in [-0.15, -0.1) is 11.3 Å². The van der Waals surface area contributed by atoms with E-state index < -0.39 is 12.2 Å². The van der Waals surface area contributed by atoms with Crippen molar-refractivity contribution in [3.05, 3.63) is 46.2 Å². The lowest BCUT2D eigenvalue weighted by molar-refractivity contribution is 0.141. The molecular weight excluding hydrogens is 330 g/mol.